The Hall–Kier alpha value is -1.16. The molecule has 0 aliphatic carbocycles. The van der Waals surface area contributed by atoms with Crippen molar-refractivity contribution in [3.8, 4) is 0 Å². The van der Waals surface area contributed by atoms with Gasteiger partial charge in [-0.25, -0.2) is 9.59 Å². The molecule has 0 aromatic carbocycles. The first-order valence-corrected chi connectivity index (χ1v) is 11.5. The van der Waals surface area contributed by atoms with Crippen LogP contribution in [0.3, 0.4) is 0 Å². The van der Waals surface area contributed by atoms with Crippen LogP contribution in [0.1, 0.15) is 6.92 Å². The van der Waals surface area contributed by atoms with Crippen molar-refractivity contribution in [1.82, 2.24) is 9.80 Å². The molecule has 1 saturated heterocycles. The number of hydrogen-bond donors (Lipinski definition) is 0. The Balaban J connectivity index is 1.96. The lowest BCUT2D eigenvalue weighted by molar-refractivity contribution is -0.138. The molecule has 0 aromatic rings. The van der Waals surface area contributed by atoms with Crippen LogP contribution in [0.5, 0.6) is 0 Å². The van der Waals surface area contributed by atoms with Gasteiger partial charge in [0.15, 0.2) is 0 Å². The number of allylic oxidation sites excluding steroid dienone is 1. The van der Waals surface area contributed by atoms with Gasteiger partial charge in [-0.3, -0.25) is 4.90 Å². The summed E-state index contributed by atoms with van der Waals surface area (Å²) in [6.45, 7) is 7.84. The Labute approximate surface area is 169 Å². The first-order valence-electron chi connectivity index (χ1n) is 9.01. The summed E-state index contributed by atoms with van der Waals surface area (Å²) in [5.74, 6) is 0.744. The van der Waals surface area contributed by atoms with Gasteiger partial charge in [-0.15, -0.1) is 0 Å². The molecule has 9 heteroatoms. The average molecular weight is 419 g/mol. The van der Waals surface area contributed by atoms with E-state index in [2.05, 4.69) is 4.90 Å². The van der Waals surface area contributed by atoms with Crippen molar-refractivity contribution < 1.29 is 23.8 Å². The molecule has 0 aromatic heterocycles. The van der Waals surface area contributed by atoms with Gasteiger partial charge >= 0.3 is 11.9 Å². The monoisotopic (exact) mass is 418 g/mol. The second kappa shape index (κ2) is 15.9. The van der Waals surface area contributed by atoms with E-state index in [1.165, 1.54) is 12.2 Å². The fraction of sp³-hybridized carbons (Fsp3) is 0.667. The summed E-state index contributed by atoms with van der Waals surface area (Å²) in [7, 11) is 5.12. The van der Waals surface area contributed by atoms with Crippen LogP contribution in [0, 0.1) is 0 Å². The molecule has 0 saturated carbocycles. The predicted octanol–water partition coefficient (Wildman–Crippen LogP) is 1.81. The Morgan fingerprint density at radius 2 is 1.67 bits per heavy atom. The number of esters is 2. The van der Waals surface area contributed by atoms with Crippen molar-refractivity contribution >= 4 is 33.5 Å². The van der Waals surface area contributed by atoms with E-state index in [-0.39, 0.29) is 11.9 Å². The van der Waals surface area contributed by atoms with Crippen molar-refractivity contribution in [2.24, 2.45) is 0 Å². The largest absolute Gasteiger partial charge is 0.462 e. The topological polar surface area (TPSA) is 68.3 Å². The van der Waals surface area contributed by atoms with E-state index in [1.54, 1.807) is 40.8 Å². The van der Waals surface area contributed by atoms with E-state index in [9.17, 15) is 9.59 Å². The van der Waals surface area contributed by atoms with Crippen LogP contribution in [0.15, 0.2) is 24.4 Å². The third-order valence-electron chi connectivity index (χ3n) is 3.55. The normalized spacial score (nSPS) is 15.3. The molecule has 0 amide bonds. The molecule has 0 bridgehead atoms. The minimum absolute atomic E-state index is 0.321. The second-order valence-electron chi connectivity index (χ2n) is 5.73. The molecule has 7 nitrogen and oxygen atoms in total. The lowest BCUT2D eigenvalue weighted by Gasteiger charge is -2.28. The quantitative estimate of drug-likeness (QED) is 0.193. The summed E-state index contributed by atoms with van der Waals surface area (Å²) in [6.07, 6.45) is 6.25. The van der Waals surface area contributed by atoms with E-state index in [0.717, 1.165) is 39.4 Å². The van der Waals surface area contributed by atoms with E-state index < -0.39 is 0 Å². The van der Waals surface area contributed by atoms with Crippen molar-refractivity contribution in [3.05, 3.63) is 24.4 Å². The first-order chi connectivity index (χ1) is 13.1. The van der Waals surface area contributed by atoms with Gasteiger partial charge in [-0.2, -0.15) is 0 Å². The number of hydrogen-bond acceptors (Lipinski definition) is 9. The Morgan fingerprint density at radius 1 is 1.07 bits per heavy atom. The lowest BCUT2D eigenvalue weighted by atomic mass is 10.4. The SMILES string of the molecule is C/C=C/C(=O)OCCSSCCOC(=O)/C=C/N(C)CCN1CCOCC1. The molecule has 27 heavy (non-hydrogen) atoms. The zero-order valence-corrected chi connectivity index (χ0v) is 17.8. The van der Waals surface area contributed by atoms with Crippen LogP contribution in [-0.4, -0.2) is 92.9 Å². The van der Waals surface area contributed by atoms with Crippen molar-refractivity contribution in [3.63, 3.8) is 0 Å². The molecule has 0 radical (unpaired) electrons. The highest BCUT2D eigenvalue weighted by Gasteiger charge is 2.09. The van der Waals surface area contributed by atoms with E-state index in [1.807, 2.05) is 11.9 Å². The molecule has 0 atom stereocenters. The molecule has 1 heterocycles. The number of carbonyl (C=O) groups excluding carboxylic acids is 2. The fourth-order valence-corrected chi connectivity index (χ4v) is 3.74. The predicted molar refractivity (Wildman–Crippen MR) is 111 cm³/mol. The molecule has 1 fully saturated rings. The fourth-order valence-electron chi connectivity index (χ4n) is 2.09. The van der Waals surface area contributed by atoms with E-state index >= 15 is 0 Å². The molecular formula is C18H30N2O5S2. The minimum Gasteiger partial charge on any atom is -0.462 e. The maximum atomic E-state index is 11.7. The summed E-state index contributed by atoms with van der Waals surface area (Å²) < 4.78 is 15.4. The van der Waals surface area contributed by atoms with Crippen LogP contribution in [0.25, 0.3) is 0 Å². The molecule has 0 spiro atoms. The maximum Gasteiger partial charge on any atom is 0.332 e. The maximum absolute atomic E-state index is 11.7. The molecule has 0 unspecified atom stereocenters. The minimum atomic E-state index is -0.334. The summed E-state index contributed by atoms with van der Waals surface area (Å²) in [5.41, 5.74) is 0. The van der Waals surface area contributed by atoms with E-state index in [4.69, 9.17) is 14.2 Å². The van der Waals surface area contributed by atoms with Crippen molar-refractivity contribution in [2.75, 3.05) is 71.2 Å². The molecular weight excluding hydrogens is 388 g/mol. The third-order valence-corrected chi connectivity index (χ3v) is 5.88. The smallest absolute Gasteiger partial charge is 0.332 e. The van der Waals surface area contributed by atoms with Crippen LogP contribution in [0.4, 0.5) is 0 Å². The van der Waals surface area contributed by atoms with Gasteiger partial charge in [0.25, 0.3) is 0 Å². The van der Waals surface area contributed by atoms with Gasteiger partial charge in [0, 0.05) is 63.1 Å². The number of likely N-dealkylation sites (N-methyl/N-ethyl adjacent to an activating group) is 1. The van der Waals surface area contributed by atoms with Crippen LogP contribution in [-0.2, 0) is 23.8 Å². The van der Waals surface area contributed by atoms with Gasteiger partial charge in [0.05, 0.1) is 13.2 Å². The average Bonchev–Trinajstić information content (AvgIpc) is 2.67. The Morgan fingerprint density at radius 3 is 2.26 bits per heavy atom. The summed E-state index contributed by atoms with van der Waals surface area (Å²) in [5, 5.41) is 0. The Kier molecular flexibility index (Phi) is 14.0. The van der Waals surface area contributed by atoms with Crippen LogP contribution in [0.2, 0.25) is 0 Å². The van der Waals surface area contributed by atoms with Gasteiger partial charge in [-0.1, -0.05) is 27.7 Å². The highest BCUT2D eigenvalue weighted by Crippen LogP contribution is 2.20. The van der Waals surface area contributed by atoms with Crippen LogP contribution >= 0.6 is 21.6 Å². The van der Waals surface area contributed by atoms with Gasteiger partial charge < -0.3 is 19.1 Å². The van der Waals surface area contributed by atoms with Gasteiger partial charge in [0.2, 0.25) is 0 Å². The van der Waals surface area contributed by atoms with E-state index in [0.29, 0.717) is 24.7 Å². The van der Waals surface area contributed by atoms with Crippen molar-refractivity contribution in [1.29, 1.82) is 0 Å². The Bertz CT molecular complexity index is 482. The number of ether oxygens (including phenoxy) is 3. The van der Waals surface area contributed by atoms with Crippen LogP contribution < -0.4 is 0 Å². The molecule has 1 rings (SSSR count). The standard InChI is InChI=1S/C18H30N2O5S2/c1-3-4-17(21)24-13-15-26-27-16-14-25-18(22)5-6-19(2)7-8-20-9-11-23-12-10-20/h3-6H,7-16H2,1-2H3/b4-3+,6-5+. The molecule has 1 aliphatic heterocycles. The number of carbonyl (C=O) groups is 2. The summed E-state index contributed by atoms with van der Waals surface area (Å²) >= 11 is 0. The number of nitrogens with zero attached hydrogens (tertiary/aromatic N) is 2. The first kappa shape index (κ1) is 23.9. The molecule has 154 valence electrons. The lowest BCUT2D eigenvalue weighted by Crippen LogP contribution is -2.39. The molecule has 1 aliphatic rings. The van der Waals surface area contributed by atoms with Gasteiger partial charge in [-0.05, 0) is 6.92 Å². The number of morpholine rings is 1. The highest BCUT2D eigenvalue weighted by atomic mass is 33.1. The highest BCUT2D eigenvalue weighted by molar-refractivity contribution is 8.76. The summed E-state index contributed by atoms with van der Waals surface area (Å²) in [6, 6.07) is 0. The van der Waals surface area contributed by atoms with Gasteiger partial charge in [0.1, 0.15) is 13.2 Å². The third kappa shape index (κ3) is 13.6. The number of rotatable bonds is 13. The zero-order valence-electron chi connectivity index (χ0n) is 16.1. The zero-order chi connectivity index (χ0) is 19.7. The molecule has 0 N–H and O–H groups in total. The second-order valence-corrected chi connectivity index (χ2v) is 8.43. The van der Waals surface area contributed by atoms with Crippen molar-refractivity contribution in [2.45, 2.75) is 6.92 Å². The summed E-state index contributed by atoms with van der Waals surface area (Å²) in [4.78, 5) is 27.1.